The highest BCUT2D eigenvalue weighted by atomic mass is 19.3. The fourth-order valence-electron chi connectivity index (χ4n) is 3.73. The van der Waals surface area contributed by atoms with Gasteiger partial charge in [0.1, 0.15) is 24.0 Å². The number of anilines is 1. The Morgan fingerprint density at radius 3 is 2.56 bits per heavy atom. The molecule has 0 fully saturated rings. The molecule has 1 N–H and O–H groups in total. The topological polar surface area (TPSA) is 70.4 Å². The van der Waals surface area contributed by atoms with Crippen LogP contribution in [-0.2, 0) is 22.6 Å². The highest BCUT2D eigenvalue weighted by Gasteiger charge is 2.16. The maximum atomic E-state index is 12.9. The third-order valence-corrected chi connectivity index (χ3v) is 5.33. The van der Waals surface area contributed by atoms with E-state index in [4.69, 9.17) is 19.2 Å². The Balaban J connectivity index is 1.68. The van der Waals surface area contributed by atoms with Crippen LogP contribution in [0.1, 0.15) is 11.4 Å². The van der Waals surface area contributed by atoms with Gasteiger partial charge in [-0.25, -0.2) is 9.97 Å². The summed E-state index contributed by atoms with van der Waals surface area (Å²) in [6.45, 7) is -1.04. The number of nitrogens with one attached hydrogen (secondary N) is 1. The molecule has 0 saturated carbocycles. The van der Waals surface area contributed by atoms with Crippen molar-refractivity contribution < 1.29 is 23.0 Å². The minimum Gasteiger partial charge on any atom is -0.434 e. The van der Waals surface area contributed by atoms with E-state index in [0.717, 1.165) is 28.0 Å². The molecule has 0 radical (unpaired) electrons. The average molecular weight is 469 g/mol. The number of hydrogen-bond donors (Lipinski definition) is 1. The Kier molecular flexibility index (Phi) is 7.66. The second kappa shape index (κ2) is 11.0. The van der Waals surface area contributed by atoms with E-state index in [9.17, 15) is 8.78 Å². The Morgan fingerprint density at radius 2 is 1.82 bits per heavy atom. The van der Waals surface area contributed by atoms with Crippen LogP contribution in [0.4, 0.5) is 14.6 Å². The number of benzene rings is 2. The molecule has 9 heteroatoms. The molecule has 0 aliphatic heterocycles. The molecule has 4 rings (SSSR count). The van der Waals surface area contributed by atoms with E-state index in [-0.39, 0.29) is 12.4 Å². The van der Waals surface area contributed by atoms with E-state index in [0.29, 0.717) is 31.1 Å². The van der Waals surface area contributed by atoms with Gasteiger partial charge in [0, 0.05) is 38.1 Å². The fourth-order valence-corrected chi connectivity index (χ4v) is 3.73. The molecule has 2 aromatic heterocycles. The van der Waals surface area contributed by atoms with Crippen molar-refractivity contribution in [1.29, 1.82) is 0 Å². The molecule has 2 aromatic carbocycles. The Labute approximate surface area is 196 Å². The van der Waals surface area contributed by atoms with Crippen LogP contribution in [0.5, 0.6) is 5.75 Å². The van der Waals surface area contributed by atoms with Crippen LogP contribution < -0.4 is 10.1 Å². The van der Waals surface area contributed by atoms with Gasteiger partial charge in [-0.15, -0.1) is 0 Å². The summed E-state index contributed by atoms with van der Waals surface area (Å²) in [5, 5.41) is 3.20. The number of fused-ring (bicyclic) bond motifs is 1. The van der Waals surface area contributed by atoms with Crippen molar-refractivity contribution >= 4 is 16.9 Å². The maximum Gasteiger partial charge on any atom is 0.387 e. The summed E-state index contributed by atoms with van der Waals surface area (Å²) in [7, 11) is 3.25. The van der Waals surface area contributed by atoms with Crippen LogP contribution >= 0.6 is 0 Å². The van der Waals surface area contributed by atoms with Gasteiger partial charge in [-0.05, 0) is 35.9 Å². The number of imidazole rings is 1. The molecule has 0 saturated heterocycles. The fraction of sp³-hybridized carbons (Fsp3) is 0.280. The lowest BCUT2D eigenvalue weighted by Crippen LogP contribution is -2.09. The molecule has 0 aliphatic carbocycles. The Bertz CT molecular complexity index is 1230. The quantitative estimate of drug-likeness (QED) is 0.314. The molecule has 0 aliphatic rings. The number of aromatic nitrogens is 3. The monoisotopic (exact) mass is 468 g/mol. The van der Waals surface area contributed by atoms with Crippen LogP contribution in [0.25, 0.3) is 22.2 Å². The summed E-state index contributed by atoms with van der Waals surface area (Å²) in [6, 6.07) is 16.6. The molecular formula is C25H26F2N4O3. The zero-order chi connectivity index (χ0) is 23.9. The number of rotatable bonds is 11. The molecule has 0 atom stereocenters. The predicted molar refractivity (Wildman–Crippen MR) is 126 cm³/mol. The molecule has 0 bridgehead atoms. The van der Waals surface area contributed by atoms with Crippen LogP contribution in [0, 0.1) is 0 Å². The van der Waals surface area contributed by atoms with Crippen LogP contribution in [-0.4, -0.2) is 48.5 Å². The molecule has 4 aromatic rings. The highest BCUT2D eigenvalue weighted by Crippen LogP contribution is 2.28. The summed E-state index contributed by atoms with van der Waals surface area (Å²) in [6.07, 6.45) is 1.80. The predicted octanol–water partition coefficient (Wildman–Crippen LogP) is 4.95. The first-order valence-corrected chi connectivity index (χ1v) is 10.8. The third kappa shape index (κ3) is 5.49. The molecular weight excluding hydrogens is 442 g/mol. The van der Waals surface area contributed by atoms with Gasteiger partial charge in [-0.3, -0.25) is 0 Å². The van der Waals surface area contributed by atoms with Gasteiger partial charge in [0.05, 0.1) is 24.2 Å². The zero-order valence-corrected chi connectivity index (χ0v) is 19.0. The van der Waals surface area contributed by atoms with Crippen molar-refractivity contribution in [2.24, 2.45) is 0 Å². The molecule has 7 nitrogen and oxygen atoms in total. The SMILES string of the molecule is COCCNc1ccc(-c2ccc3nc(COC)n(Cc4ccccc4OC(F)F)c3c2)cn1. The van der Waals surface area contributed by atoms with E-state index < -0.39 is 6.61 Å². The normalized spacial score (nSPS) is 11.3. The minimum atomic E-state index is -2.90. The smallest absolute Gasteiger partial charge is 0.387 e. The van der Waals surface area contributed by atoms with E-state index in [2.05, 4.69) is 10.3 Å². The summed E-state index contributed by atoms with van der Waals surface area (Å²) < 4.78 is 42.9. The number of pyridine rings is 1. The van der Waals surface area contributed by atoms with Crippen molar-refractivity contribution in [1.82, 2.24) is 14.5 Å². The first-order chi connectivity index (χ1) is 16.6. The molecule has 178 valence electrons. The average Bonchev–Trinajstić information content (AvgIpc) is 3.17. The number of methoxy groups -OCH3 is 2. The second-order valence-corrected chi connectivity index (χ2v) is 7.59. The van der Waals surface area contributed by atoms with Crippen molar-refractivity contribution in [3.05, 3.63) is 72.2 Å². The van der Waals surface area contributed by atoms with E-state index in [1.807, 2.05) is 34.9 Å². The summed E-state index contributed by atoms with van der Waals surface area (Å²) in [5.74, 6) is 1.60. The first kappa shape index (κ1) is 23.6. The largest absolute Gasteiger partial charge is 0.434 e. The van der Waals surface area contributed by atoms with Crippen molar-refractivity contribution in [2.45, 2.75) is 19.8 Å². The lowest BCUT2D eigenvalue weighted by molar-refractivity contribution is -0.0504. The van der Waals surface area contributed by atoms with Crippen molar-refractivity contribution in [3.63, 3.8) is 0 Å². The Hall–Kier alpha value is -3.56. The first-order valence-electron chi connectivity index (χ1n) is 10.8. The molecule has 0 amide bonds. The van der Waals surface area contributed by atoms with Gasteiger partial charge < -0.3 is 24.1 Å². The Morgan fingerprint density at radius 1 is 1.00 bits per heavy atom. The van der Waals surface area contributed by atoms with Gasteiger partial charge in [-0.1, -0.05) is 24.3 Å². The van der Waals surface area contributed by atoms with Gasteiger partial charge in [0.25, 0.3) is 0 Å². The van der Waals surface area contributed by atoms with Crippen LogP contribution in [0.3, 0.4) is 0 Å². The summed E-state index contributed by atoms with van der Waals surface area (Å²) in [5.41, 5.74) is 4.18. The third-order valence-electron chi connectivity index (χ3n) is 5.33. The molecule has 34 heavy (non-hydrogen) atoms. The number of hydrogen-bond acceptors (Lipinski definition) is 6. The van der Waals surface area contributed by atoms with Gasteiger partial charge in [0.2, 0.25) is 0 Å². The number of halogens is 2. The molecule has 0 spiro atoms. The van der Waals surface area contributed by atoms with Gasteiger partial charge >= 0.3 is 6.61 Å². The number of ether oxygens (including phenoxy) is 3. The molecule has 0 unspecified atom stereocenters. The standard InChI is InChI=1S/C25H26F2N4O3/c1-32-12-11-28-23-10-8-18(14-29-23)17-7-9-20-21(13-17)31(24(30-20)16-33-2)15-19-5-3-4-6-22(19)34-25(26)27/h3-10,13-14,25H,11-12,15-16H2,1-2H3,(H,28,29). The van der Waals surface area contributed by atoms with Gasteiger partial charge in [0.15, 0.2) is 0 Å². The van der Waals surface area contributed by atoms with Crippen LogP contribution in [0.2, 0.25) is 0 Å². The maximum absolute atomic E-state index is 12.9. The zero-order valence-electron chi connectivity index (χ0n) is 19.0. The number of para-hydroxylation sites is 1. The van der Waals surface area contributed by atoms with E-state index in [1.165, 1.54) is 6.07 Å². The van der Waals surface area contributed by atoms with Crippen molar-refractivity contribution in [3.8, 4) is 16.9 Å². The highest BCUT2D eigenvalue weighted by molar-refractivity contribution is 5.83. The van der Waals surface area contributed by atoms with E-state index >= 15 is 0 Å². The molecule has 2 heterocycles. The van der Waals surface area contributed by atoms with E-state index in [1.54, 1.807) is 38.6 Å². The second-order valence-electron chi connectivity index (χ2n) is 7.59. The lowest BCUT2D eigenvalue weighted by Gasteiger charge is -2.14. The van der Waals surface area contributed by atoms with Crippen LogP contribution in [0.15, 0.2) is 60.8 Å². The minimum absolute atomic E-state index is 0.139. The van der Waals surface area contributed by atoms with Crippen molar-refractivity contribution in [2.75, 3.05) is 32.7 Å². The number of alkyl halides is 2. The lowest BCUT2D eigenvalue weighted by atomic mass is 10.1. The number of nitrogens with zero attached hydrogens (tertiary/aromatic N) is 3. The summed E-state index contributed by atoms with van der Waals surface area (Å²) >= 11 is 0. The summed E-state index contributed by atoms with van der Waals surface area (Å²) in [4.78, 5) is 9.17. The van der Waals surface area contributed by atoms with Gasteiger partial charge in [-0.2, -0.15) is 8.78 Å².